The Morgan fingerprint density at radius 2 is 0.891 bits per heavy atom. The largest absolute Gasteiger partial charge is 0.464 e. The van der Waals surface area contributed by atoms with E-state index >= 15 is 0 Å². The summed E-state index contributed by atoms with van der Waals surface area (Å²) in [5, 5.41) is 10.2. The van der Waals surface area contributed by atoms with Crippen molar-refractivity contribution in [3.63, 3.8) is 0 Å². The Labute approximate surface area is 315 Å². The molecule has 0 N–H and O–H groups in total. The van der Waals surface area contributed by atoms with Crippen molar-refractivity contribution in [1.82, 2.24) is 0 Å². The minimum Gasteiger partial charge on any atom is -0.464 e. The summed E-state index contributed by atoms with van der Waals surface area (Å²) in [4.78, 5) is 0. The van der Waals surface area contributed by atoms with Gasteiger partial charge in [-0.15, -0.1) is 0 Å². The van der Waals surface area contributed by atoms with Crippen LogP contribution >= 0.6 is 0 Å². The zero-order valence-corrected chi connectivity index (χ0v) is 29.5. The number of benzene rings is 9. The molecule has 0 atom stereocenters. The zero-order valence-electron chi connectivity index (χ0n) is 29.5. The molecule has 0 aliphatic rings. The predicted octanol–water partition coefficient (Wildman–Crippen LogP) is 15.2. The van der Waals surface area contributed by atoms with Gasteiger partial charge in [-0.3, -0.25) is 0 Å². The third-order valence-corrected chi connectivity index (χ3v) is 11.3. The van der Waals surface area contributed by atoms with Gasteiger partial charge in [0.05, 0.1) is 6.26 Å². The van der Waals surface area contributed by atoms with Gasteiger partial charge in [-0.25, -0.2) is 0 Å². The maximum absolute atomic E-state index is 6.82. The van der Waals surface area contributed by atoms with Gasteiger partial charge in [-0.1, -0.05) is 133 Å². The van der Waals surface area contributed by atoms with Crippen LogP contribution in [0.1, 0.15) is 0 Å². The Kier molecular flexibility index (Phi) is 6.34. The summed E-state index contributed by atoms with van der Waals surface area (Å²) in [6, 6.07) is 62.6. The Morgan fingerprint density at radius 1 is 0.273 bits per heavy atom. The van der Waals surface area contributed by atoms with Gasteiger partial charge < -0.3 is 13.3 Å². The predicted molar refractivity (Wildman–Crippen MR) is 228 cm³/mol. The average molecular weight is 703 g/mol. The molecule has 12 rings (SSSR count). The summed E-state index contributed by atoms with van der Waals surface area (Å²) in [7, 11) is 0. The molecule has 3 heterocycles. The highest BCUT2D eigenvalue weighted by Gasteiger charge is 2.22. The molecule has 3 aromatic heterocycles. The second-order valence-electron chi connectivity index (χ2n) is 14.4. The monoisotopic (exact) mass is 702 g/mol. The molecule has 3 nitrogen and oxygen atoms in total. The fraction of sp³-hybridized carbons (Fsp3) is 0. The zero-order chi connectivity index (χ0) is 36.0. The first-order valence-corrected chi connectivity index (χ1v) is 18.6. The van der Waals surface area contributed by atoms with Crippen LogP contribution in [0.25, 0.3) is 121 Å². The first kappa shape index (κ1) is 30.1. The molecular weight excluding hydrogens is 673 g/mol. The highest BCUT2D eigenvalue weighted by molar-refractivity contribution is 6.25. The number of hydrogen-bond donors (Lipinski definition) is 0. The van der Waals surface area contributed by atoms with Gasteiger partial charge in [0.2, 0.25) is 0 Å². The van der Waals surface area contributed by atoms with Crippen LogP contribution in [0.4, 0.5) is 0 Å². The van der Waals surface area contributed by atoms with Crippen LogP contribution in [0.5, 0.6) is 0 Å². The highest BCUT2D eigenvalue weighted by Crippen LogP contribution is 2.48. The first-order valence-electron chi connectivity index (χ1n) is 18.6. The molecule has 256 valence electrons. The molecule has 3 heteroatoms. The van der Waals surface area contributed by atoms with E-state index in [2.05, 4.69) is 158 Å². The van der Waals surface area contributed by atoms with E-state index < -0.39 is 0 Å². The second kappa shape index (κ2) is 11.6. The number of hydrogen-bond acceptors (Lipinski definition) is 3. The minimum absolute atomic E-state index is 0.819. The number of furan rings is 3. The van der Waals surface area contributed by atoms with Crippen LogP contribution in [0, 0.1) is 0 Å². The molecule has 0 saturated heterocycles. The van der Waals surface area contributed by atoms with Gasteiger partial charge in [0.25, 0.3) is 0 Å². The molecule has 0 bridgehead atoms. The van der Waals surface area contributed by atoms with E-state index in [1.54, 1.807) is 6.26 Å². The standard InChI is InChI=1S/C52H30O3/c1-2-12-31(13-3-1)34-27-43(36-24-25-53-47(36)28-34)32-14-10-15-33(26-32)50-37-17-4-6-19-39(37)51(40-20-7-5-18-38(40)50)42-22-11-21-41-45-29-44-35-16-8-9-23-46(35)54-48(44)30-49(45)55-52(41)42/h1-30H. The van der Waals surface area contributed by atoms with Crippen LogP contribution < -0.4 is 0 Å². The SMILES string of the molecule is c1ccc(-c2cc(-c3cccc(-c4c5ccccc5c(-c5cccc6c5oc5cc7oc8ccccc8c7cc56)c5ccccc45)c3)c3ccoc3c2)cc1. The van der Waals surface area contributed by atoms with Crippen molar-refractivity contribution in [3.8, 4) is 44.5 Å². The lowest BCUT2D eigenvalue weighted by Gasteiger charge is -2.18. The molecule has 0 aliphatic heterocycles. The average Bonchev–Trinajstić information content (AvgIpc) is 3.97. The van der Waals surface area contributed by atoms with Crippen molar-refractivity contribution < 1.29 is 13.3 Å². The maximum atomic E-state index is 6.82. The second-order valence-corrected chi connectivity index (χ2v) is 14.4. The van der Waals surface area contributed by atoms with Gasteiger partial charge in [-0.05, 0) is 91.3 Å². The lowest BCUT2D eigenvalue weighted by molar-refractivity contribution is 0.616. The van der Waals surface area contributed by atoms with Gasteiger partial charge in [0.1, 0.15) is 27.9 Å². The van der Waals surface area contributed by atoms with E-state index in [0.717, 1.165) is 88.2 Å². The van der Waals surface area contributed by atoms with Gasteiger partial charge >= 0.3 is 0 Å². The van der Waals surface area contributed by atoms with E-state index in [-0.39, 0.29) is 0 Å². The van der Waals surface area contributed by atoms with Crippen LogP contribution in [0.3, 0.4) is 0 Å². The van der Waals surface area contributed by atoms with Crippen LogP contribution in [0.15, 0.2) is 195 Å². The highest BCUT2D eigenvalue weighted by atomic mass is 16.3. The quantitative estimate of drug-likeness (QED) is 0.171. The Balaban J connectivity index is 1.09. The molecule has 0 amide bonds. The van der Waals surface area contributed by atoms with Crippen molar-refractivity contribution in [1.29, 1.82) is 0 Å². The van der Waals surface area contributed by atoms with Gasteiger partial charge in [0, 0.05) is 44.1 Å². The number of para-hydroxylation sites is 2. The molecule has 0 radical (unpaired) electrons. The van der Waals surface area contributed by atoms with E-state index in [0.29, 0.717) is 0 Å². The number of rotatable bonds is 4. The topological polar surface area (TPSA) is 39.4 Å². The molecule has 0 fully saturated rings. The molecular formula is C52H30O3. The Bertz CT molecular complexity index is 3430. The summed E-state index contributed by atoms with van der Waals surface area (Å²) in [5.74, 6) is 0. The third kappa shape index (κ3) is 4.50. The van der Waals surface area contributed by atoms with E-state index in [4.69, 9.17) is 13.3 Å². The van der Waals surface area contributed by atoms with Gasteiger partial charge in [0.15, 0.2) is 0 Å². The molecule has 9 aromatic carbocycles. The van der Waals surface area contributed by atoms with Crippen molar-refractivity contribution in [2.45, 2.75) is 0 Å². The van der Waals surface area contributed by atoms with Crippen LogP contribution in [-0.2, 0) is 0 Å². The number of fused-ring (bicyclic) bond motifs is 9. The molecule has 0 aliphatic carbocycles. The van der Waals surface area contributed by atoms with Crippen LogP contribution in [-0.4, -0.2) is 0 Å². The van der Waals surface area contributed by atoms with Crippen molar-refractivity contribution in [2.24, 2.45) is 0 Å². The van der Waals surface area contributed by atoms with E-state index in [1.165, 1.54) is 32.7 Å². The van der Waals surface area contributed by atoms with Gasteiger partial charge in [-0.2, -0.15) is 0 Å². The van der Waals surface area contributed by atoms with Crippen molar-refractivity contribution in [2.75, 3.05) is 0 Å². The van der Waals surface area contributed by atoms with Crippen molar-refractivity contribution >= 4 is 76.4 Å². The minimum atomic E-state index is 0.819. The maximum Gasteiger partial charge on any atom is 0.143 e. The normalized spacial score (nSPS) is 12.0. The summed E-state index contributed by atoms with van der Waals surface area (Å²) in [6.07, 6.45) is 1.79. The molecule has 0 saturated carbocycles. The fourth-order valence-electron chi connectivity index (χ4n) is 8.89. The molecule has 0 spiro atoms. The summed E-state index contributed by atoms with van der Waals surface area (Å²) in [6.45, 7) is 0. The lowest BCUT2D eigenvalue weighted by Crippen LogP contribution is -1.91. The van der Waals surface area contributed by atoms with Crippen LogP contribution in [0.2, 0.25) is 0 Å². The van der Waals surface area contributed by atoms with Crippen molar-refractivity contribution in [3.05, 3.63) is 182 Å². The first-order chi connectivity index (χ1) is 27.3. The molecule has 12 aromatic rings. The Morgan fingerprint density at radius 3 is 1.69 bits per heavy atom. The summed E-state index contributed by atoms with van der Waals surface area (Å²) >= 11 is 0. The smallest absolute Gasteiger partial charge is 0.143 e. The third-order valence-electron chi connectivity index (χ3n) is 11.3. The molecule has 55 heavy (non-hydrogen) atoms. The fourth-order valence-corrected chi connectivity index (χ4v) is 8.89. The summed E-state index contributed by atoms with van der Waals surface area (Å²) in [5.41, 5.74) is 13.5. The molecule has 0 unspecified atom stereocenters. The Hall–Kier alpha value is -7.36. The van der Waals surface area contributed by atoms with E-state index in [9.17, 15) is 0 Å². The summed E-state index contributed by atoms with van der Waals surface area (Å²) < 4.78 is 19.1. The van der Waals surface area contributed by atoms with E-state index in [1.807, 2.05) is 18.2 Å². The lowest BCUT2D eigenvalue weighted by atomic mass is 9.85.